The highest BCUT2D eigenvalue weighted by Gasteiger charge is 2.26. The Hall–Kier alpha value is -2.70. The molecule has 7 nitrogen and oxygen atoms in total. The first-order valence-electron chi connectivity index (χ1n) is 9.17. The Morgan fingerprint density at radius 2 is 1.93 bits per heavy atom. The highest BCUT2D eigenvalue weighted by molar-refractivity contribution is 5.92. The van der Waals surface area contributed by atoms with Gasteiger partial charge in [-0.1, -0.05) is 32.1 Å². The van der Waals surface area contributed by atoms with E-state index in [2.05, 4.69) is 33.4 Å². The highest BCUT2D eigenvalue weighted by atomic mass is 16.2. The first-order chi connectivity index (χ1) is 12.6. The first kappa shape index (κ1) is 19.1. The molecule has 0 N–H and O–H groups in total. The minimum atomic E-state index is -0.448. The van der Waals surface area contributed by atoms with Crippen molar-refractivity contribution >= 4 is 17.4 Å². The summed E-state index contributed by atoms with van der Waals surface area (Å²) in [5.41, 5.74) is 3.40. The largest absolute Gasteiger partial charge is 0.378 e. The molecule has 0 unspecified atom stereocenters. The van der Waals surface area contributed by atoms with E-state index in [0.29, 0.717) is 13.1 Å². The van der Waals surface area contributed by atoms with Gasteiger partial charge in [-0.2, -0.15) is 0 Å². The van der Waals surface area contributed by atoms with Crippen molar-refractivity contribution in [3.63, 3.8) is 0 Å². The third kappa shape index (κ3) is 4.18. The van der Waals surface area contributed by atoms with Crippen LogP contribution in [-0.4, -0.2) is 52.2 Å². The van der Waals surface area contributed by atoms with Gasteiger partial charge in [0, 0.05) is 38.3 Å². The van der Waals surface area contributed by atoms with Crippen molar-refractivity contribution in [2.75, 3.05) is 25.5 Å². The zero-order chi connectivity index (χ0) is 19.8. The number of anilines is 1. The van der Waals surface area contributed by atoms with Crippen LogP contribution in [0, 0.1) is 5.41 Å². The Kier molecular flexibility index (Phi) is 5.04. The van der Waals surface area contributed by atoms with Crippen LogP contribution in [0.4, 0.5) is 5.69 Å². The predicted molar refractivity (Wildman–Crippen MR) is 104 cm³/mol. The van der Waals surface area contributed by atoms with Crippen LogP contribution in [-0.2, 0) is 24.3 Å². The smallest absolute Gasteiger partial charge is 0.276 e. The van der Waals surface area contributed by atoms with Gasteiger partial charge >= 0.3 is 0 Å². The van der Waals surface area contributed by atoms with Gasteiger partial charge in [-0.3, -0.25) is 9.59 Å². The van der Waals surface area contributed by atoms with Gasteiger partial charge in [0.1, 0.15) is 6.54 Å². The van der Waals surface area contributed by atoms with E-state index >= 15 is 0 Å². The van der Waals surface area contributed by atoms with Gasteiger partial charge in [-0.15, -0.1) is 5.10 Å². The lowest BCUT2D eigenvalue weighted by molar-refractivity contribution is -0.127. The monoisotopic (exact) mass is 369 g/mol. The average Bonchev–Trinajstić information content (AvgIpc) is 3.07. The summed E-state index contributed by atoms with van der Waals surface area (Å²) in [5, 5.41) is 7.95. The molecule has 27 heavy (non-hydrogen) atoms. The van der Waals surface area contributed by atoms with E-state index in [1.807, 2.05) is 34.9 Å². The molecule has 1 amide bonds. The fraction of sp³-hybridized carbons (Fsp3) is 0.500. The van der Waals surface area contributed by atoms with Crippen LogP contribution < -0.4 is 4.90 Å². The van der Waals surface area contributed by atoms with Crippen LogP contribution >= 0.6 is 0 Å². The molecular weight excluding hydrogens is 342 g/mol. The molecule has 1 aliphatic heterocycles. The van der Waals surface area contributed by atoms with Crippen LogP contribution in [0.2, 0.25) is 0 Å². The van der Waals surface area contributed by atoms with E-state index in [9.17, 15) is 9.59 Å². The van der Waals surface area contributed by atoms with Crippen molar-refractivity contribution in [2.24, 2.45) is 5.41 Å². The van der Waals surface area contributed by atoms with Crippen molar-refractivity contribution in [2.45, 2.75) is 40.3 Å². The summed E-state index contributed by atoms with van der Waals surface area (Å²) in [4.78, 5) is 28.8. The molecule has 1 aromatic carbocycles. The SMILES string of the molecule is CN(C)c1ccc2c(c1)CN(C(=O)c1cn(CC(=O)C(C)(C)C)nn1)CC2. The maximum Gasteiger partial charge on any atom is 0.276 e. The van der Waals surface area contributed by atoms with Gasteiger partial charge in [-0.25, -0.2) is 4.68 Å². The van der Waals surface area contributed by atoms with Crippen molar-refractivity contribution < 1.29 is 9.59 Å². The summed E-state index contributed by atoms with van der Waals surface area (Å²) in [6, 6.07) is 6.38. The van der Waals surface area contributed by atoms with Gasteiger partial charge in [0.15, 0.2) is 11.5 Å². The summed E-state index contributed by atoms with van der Waals surface area (Å²) >= 11 is 0. The standard InChI is InChI=1S/C20H27N5O2/c1-20(2,3)18(26)13-25-12-17(21-22-25)19(27)24-9-8-14-6-7-16(23(4)5)10-15(14)11-24/h6-7,10,12H,8-9,11,13H2,1-5H3. The number of hydrogen-bond acceptors (Lipinski definition) is 5. The fourth-order valence-corrected chi connectivity index (χ4v) is 3.02. The first-order valence-corrected chi connectivity index (χ1v) is 9.17. The molecule has 0 spiro atoms. The third-order valence-electron chi connectivity index (χ3n) is 4.91. The number of ketones is 1. The second kappa shape index (κ2) is 7.13. The molecule has 0 aliphatic carbocycles. The minimum absolute atomic E-state index is 0.0505. The van der Waals surface area contributed by atoms with Gasteiger partial charge < -0.3 is 9.80 Å². The number of aromatic nitrogens is 3. The second-order valence-corrected chi connectivity index (χ2v) is 8.30. The number of Topliss-reactive ketones (excluding diaryl/α,β-unsaturated/α-hetero) is 1. The summed E-state index contributed by atoms with van der Waals surface area (Å²) in [7, 11) is 4.01. The van der Waals surface area contributed by atoms with Crippen LogP contribution in [0.5, 0.6) is 0 Å². The summed E-state index contributed by atoms with van der Waals surface area (Å²) in [5.74, 6) is -0.0973. The number of carbonyl (C=O) groups is 2. The van der Waals surface area contributed by atoms with Gasteiger partial charge in [0.25, 0.3) is 5.91 Å². The molecule has 0 atom stereocenters. The van der Waals surface area contributed by atoms with E-state index in [1.54, 1.807) is 11.1 Å². The Morgan fingerprint density at radius 3 is 2.59 bits per heavy atom. The molecule has 144 valence electrons. The molecule has 0 radical (unpaired) electrons. The summed E-state index contributed by atoms with van der Waals surface area (Å²) in [6.07, 6.45) is 2.39. The Morgan fingerprint density at radius 1 is 1.19 bits per heavy atom. The van der Waals surface area contributed by atoms with Gasteiger partial charge in [-0.05, 0) is 29.7 Å². The fourth-order valence-electron chi connectivity index (χ4n) is 3.02. The molecule has 1 aromatic heterocycles. The molecule has 1 aliphatic rings. The molecule has 0 saturated carbocycles. The third-order valence-corrected chi connectivity index (χ3v) is 4.91. The van der Waals surface area contributed by atoms with Crippen molar-refractivity contribution in [1.82, 2.24) is 19.9 Å². The normalized spacial score (nSPS) is 14.0. The highest BCUT2D eigenvalue weighted by Crippen LogP contribution is 2.24. The lowest BCUT2D eigenvalue weighted by Crippen LogP contribution is -2.36. The number of rotatable bonds is 4. The molecule has 3 rings (SSSR count). The maximum atomic E-state index is 12.8. The Labute approximate surface area is 160 Å². The maximum absolute atomic E-state index is 12.8. The zero-order valence-corrected chi connectivity index (χ0v) is 16.7. The topological polar surface area (TPSA) is 71.3 Å². The number of benzene rings is 1. The average molecular weight is 369 g/mol. The van der Waals surface area contributed by atoms with E-state index in [0.717, 1.165) is 17.7 Å². The number of fused-ring (bicyclic) bond motifs is 1. The summed E-state index contributed by atoms with van der Waals surface area (Å²) < 4.78 is 1.45. The zero-order valence-electron chi connectivity index (χ0n) is 16.7. The number of amides is 1. The quantitative estimate of drug-likeness (QED) is 0.826. The predicted octanol–water partition coefficient (Wildman–Crippen LogP) is 2.16. The molecule has 0 saturated heterocycles. The van der Waals surface area contributed by atoms with E-state index in [1.165, 1.54) is 10.2 Å². The molecule has 2 aromatic rings. The number of carbonyl (C=O) groups excluding carboxylic acids is 2. The second-order valence-electron chi connectivity index (χ2n) is 8.30. The van der Waals surface area contributed by atoms with Crippen LogP contribution in [0.15, 0.2) is 24.4 Å². The van der Waals surface area contributed by atoms with Crippen LogP contribution in [0.3, 0.4) is 0 Å². The van der Waals surface area contributed by atoms with Crippen LogP contribution in [0.25, 0.3) is 0 Å². The molecule has 0 bridgehead atoms. The number of hydrogen-bond donors (Lipinski definition) is 0. The van der Waals surface area contributed by atoms with Crippen molar-refractivity contribution in [1.29, 1.82) is 0 Å². The van der Waals surface area contributed by atoms with Crippen molar-refractivity contribution in [3.05, 3.63) is 41.2 Å². The van der Waals surface area contributed by atoms with Crippen LogP contribution in [0.1, 0.15) is 42.4 Å². The Bertz CT molecular complexity index is 863. The molecule has 0 fully saturated rings. The van der Waals surface area contributed by atoms with E-state index in [4.69, 9.17) is 0 Å². The minimum Gasteiger partial charge on any atom is -0.378 e. The summed E-state index contributed by atoms with van der Waals surface area (Å²) in [6.45, 7) is 6.94. The molecule has 7 heteroatoms. The van der Waals surface area contributed by atoms with Gasteiger partial charge in [0.05, 0.1) is 6.20 Å². The van der Waals surface area contributed by atoms with E-state index in [-0.39, 0.29) is 23.9 Å². The van der Waals surface area contributed by atoms with E-state index < -0.39 is 5.41 Å². The lowest BCUT2D eigenvalue weighted by Gasteiger charge is -2.29. The lowest BCUT2D eigenvalue weighted by atomic mass is 9.91. The number of nitrogens with zero attached hydrogens (tertiary/aromatic N) is 5. The molecular formula is C20H27N5O2. The van der Waals surface area contributed by atoms with Crippen molar-refractivity contribution in [3.8, 4) is 0 Å². The van der Waals surface area contributed by atoms with Gasteiger partial charge in [0.2, 0.25) is 0 Å². The molecule has 2 heterocycles. The Balaban J connectivity index is 1.72.